The molecule has 2 aromatic carbocycles. The van der Waals surface area contributed by atoms with Gasteiger partial charge in [0.1, 0.15) is 5.82 Å². The molecule has 2 fully saturated rings. The SMILES string of the molecule is CCc1nnc2ccc3nc(-c4ccc(C5(N)CC(O)(C6CC6)C5)cc4)c(-c4ccccc4)cc3n12. The molecule has 7 rings (SSSR count). The highest BCUT2D eigenvalue weighted by Crippen LogP contribution is 2.57. The highest BCUT2D eigenvalue weighted by Gasteiger charge is 2.58. The van der Waals surface area contributed by atoms with Crippen LogP contribution in [-0.4, -0.2) is 30.3 Å². The van der Waals surface area contributed by atoms with Crippen LogP contribution in [0, 0.1) is 5.92 Å². The molecule has 0 spiro atoms. The van der Waals surface area contributed by atoms with Gasteiger partial charge in [0.15, 0.2) is 5.65 Å². The summed E-state index contributed by atoms with van der Waals surface area (Å²) in [6.45, 7) is 2.09. The second kappa shape index (κ2) is 7.69. The number of hydrogen-bond acceptors (Lipinski definition) is 5. The van der Waals surface area contributed by atoms with Crippen LogP contribution in [-0.2, 0) is 12.0 Å². The molecule has 3 aromatic heterocycles. The first kappa shape index (κ1) is 21.7. The van der Waals surface area contributed by atoms with Gasteiger partial charge in [-0.2, -0.15) is 0 Å². The lowest BCUT2D eigenvalue weighted by Gasteiger charge is -2.52. The lowest BCUT2D eigenvalue weighted by Crippen LogP contribution is -2.60. The Hall–Kier alpha value is -3.61. The predicted octanol–water partition coefficient (Wildman–Crippen LogP) is 5.26. The van der Waals surface area contributed by atoms with Gasteiger partial charge < -0.3 is 10.8 Å². The van der Waals surface area contributed by atoms with Crippen LogP contribution in [0.3, 0.4) is 0 Å². The summed E-state index contributed by atoms with van der Waals surface area (Å²) < 4.78 is 2.11. The molecule has 3 heterocycles. The first-order valence-corrected chi connectivity index (χ1v) is 12.8. The van der Waals surface area contributed by atoms with Gasteiger partial charge in [0.2, 0.25) is 0 Å². The average Bonchev–Trinajstić information content (AvgIpc) is 3.67. The molecule has 3 N–H and O–H groups in total. The highest BCUT2D eigenvalue weighted by molar-refractivity contribution is 5.91. The summed E-state index contributed by atoms with van der Waals surface area (Å²) in [5.41, 5.74) is 13.7. The van der Waals surface area contributed by atoms with Crippen molar-refractivity contribution in [1.82, 2.24) is 19.6 Å². The molecule has 2 aliphatic carbocycles. The zero-order valence-electron chi connectivity index (χ0n) is 20.4. The first-order chi connectivity index (χ1) is 17.5. The molecule has 6 heteroatoms. The lowest BCUT2D eigenvalue weighted by atomic mass is 9.60. The second-order valence-electron chi connectivity index (χ2n) is 10.6. The van der Waals surface area contributed by atoms with E-state index in [1.807, 2.05) is 18.2 Å². The van der Waals surface area contributed by atoms with Crippen molar-refractivity contribution in [2.24, 2.45) is 11.7 Å². The summed E-state index contributed by atoms with van der Waals surface area (Å²) in [5, 5.41) is 19.6. The number of hydrogen-bond donors (Lipinski definition) is 2. The minimum Gasteiger partial charge on any atom is -0.389 e. The summed E-state index contributed by atoms with van der Waals surface area (Å²) in [4.78, 5) is 5.16. The summed E-state index contributed by atoms with van der Waals surface area (Å²) in [5.74, 6) is 1.36. The zero-order valence-corrected chi connectivity index (χ0v) is 20.4. The maximum atomic E-state index is 10.8. The summed E-state index contributed by atoms with van der Waals surface area (Å²) in [6.07, 6.45) is 4.33. The Kier molecular flexibility index (Phi) is 4.63. The number of aromatic nitrogens is 4. The number of aliphatic hydroxyl groups is 1. The molecule has 2 aliphatic rings. The Labute approximate surface area is 209 Å². The topological polar surface area (TPSA) is 89.3 Å². The molecule has 2 saturated carbocycles. The molecule has 0 aliphatic heterocycles. The van der Waals surface area contributed by atoms with Crippen molar-refractivity contribution in [1.29, 1.82) is 0 Å². The lowest BCUT2D eigenvalue weighted by molar-refractivity contribution is -0.106. The summed E-state index contributed by atoms with van der Waals surface area (Å²) in [7, 11) is 0. The van der Waals surface area contributed by atoms with Crippen molar-refractivity contribution in [2.45, 2.75) is 50.2 Å². The van der Waals surface area contributed by atoms with E-state index in [4.69, 9.17) is 10.7 Å². The fourth-order valence-electron chi connectivity index (χ4n) is 6.07. The number of fused-ring (bicyclic) bond motifs is 3. The number of rotatable bonds is 5. The predicted molar refractivity (Wildman–Crippen MR) is 141 cm³/mol. The fraction of sp³-hybridized carbons (Fsp3) is 0.300. The number of nitrogens with zero attached hydrogens (tertiary/aromatic N) is 4. The van der Waals surface area contributed by atoms with E-state index in [0.29, 0.717) is 18.8 Å². The smallest absolute Gasteiger partial charge is 0.161 e. The van der Waals surface area contributed by atoms with E-state index in [0.717, 1.165) is 69.7 Å². The number of aryl methyl sites for hydroxylation is 1. The van der Waals surface area contributed by atoms with Gasteiger partial charge in [-0.1, -0.05) is 61.5 Å². The van der Waals surface area contributed by atoms with Crippen molar-refractivity contribution in [3.63, 3.8) is 0 Å². The van der Waals surface area contributed by atoms with Gasteiger partial charge in [0.05, 0.1) is 22.3 Å². The third kappa shape index (κ3) is 3.29. The van der Waals surface area contributed by atoms with E-state index in [9.17, 15) is 5.11 Å². The maximum Gasteiger partial charge on any atom is 0.161 e. The van der Waals surface area contributed by atoms with Crippen molar-refractivity contribution < 1.29 is 5.11 Å². The standard InChI is InChI=1S/C30H29N5O/c1-2-26-33-34-27-15-14-24-25(35(26)27)16-23(19-6-4-3-5-7-19)28(32-24)20-8-10-21(11-9-20)29(31)17-30(36,18-29)22-12-13-22/h3-11,14-16,22,36H,2,12-13,17-18,31H2,1H3. The number of nitrogens with two attached hydrogens (primary N) is 1. The monoisotopic (exact) mass is 475 g/mol. The Bertz CT molecular complexity index is 1600. The zero-order chi connectivity index (χ0) is 24.5. The van der Waals surface area contributed by atoms with Crippen LogP contribution in [0.1, 0.15) is 44.0 Å². The van der Waals surface area contributed by atoms with E-state index in [2.05, 4.69) is 76.1 Å². The van der Waals surface area contributed by atoms with Crippen molar-refractivity contribution >= 4 is 16.7 Å². The highest BCUT2D eigenvalue weighted by atomic mass is 16.3. The van der Waals surface area contributed by atoms with E-state index in [-0.39, 0.29) is 0 Å². The van der Waals surface area contributed by atoms with E-state index in [1.54, 1.807) is 0 Å². The molecular weight excluding hydrogens is 446 g/mol. The maximum absolute atomic E-state index is 10.8. The molecule has 5 aromatic rings. The van der Waals surface area contributed by atoms with E-state index in [1.165, 1.54) is 0 Å². The Morgan fingerprint density at radius 1 is 0.944 bits per heavy atom. The van der Waals surface area contributed by atoms with Gasteiger partial charge in [-0.05, 0) is 60.9 Å². The van der Waals surface area contributed by atoms with E-state index < -0.39 is 11.1 Å². The number of pyridine rings is 2. The molecule has 0 atom stereocenters. The molecule has 36 heavy (non-hydrogen) atoms. The molecule has 0 saturated heterocycles. The number of benzene rings is 2. The first-order valence-electron chi connectivity index (χ1n) is 12.8. The quantitative estimate of drug-likeness (QED) is 0.362. The normalized spacial score (nSPS) is 23.8. The van der Waals surface area contributed by atoms with Crippen molar-refractivity contribution in [3.05, 3.63) is 84.2 Å². The largest absolute Gasteiger partial charge is 0.389 e. The molecule has 6 nitrogen and oxygen atoms in total. The van der Waals surface area contributed by atoms with Crippen LogP contribution in [0.2, 0.25) is 0 Å². The summed E-state index contributed by atoms with van der Waals surface area (Å²) in [6, 6.07) is 25.1. The molecule has 0 unspecified atom stereocenters. The molecule has 180 valence electrons. The van der Waals surface area contributed by atoms with Crippen LogP contribution >= 0.6 is 0 Å². The van der Waals surface area contributed by atoms with Crippen LogP contribution in [0.15, 0.2) is 72.8 Å². The minimum atomic E-state index is -0.571. The van der Waals surface area contributed by atoms with Crippen molar-refractivity contribution in [3.8, 4) is 22.4 Å². The van der Waals surface area contributed by atoms with Crippen LogP contribution < -0.4 is 5.73 Å². The van der Waals surface area contributed by atoms with Gasteiger partial charge in [-0.3, -0.25) is 4.40 Å². The van der Waals surface area contributed by atoms with E-state index >= 15 is 0 Å². The van der Waals surface area contributed by atoms with Gasteiger partial charge in [-0.25, -0.2) is 4.98 Å². The molecule has 0 amide bonds. The fourth-order valence-corrected chi connectivity index (χ4v) is 6.07. The Morgan fingerprint density at radius 2 is 1.69 bits per heavy atom. The second-order valence-corrected chi connectivity index (χ2v) is 10.6. The third-order valence-corrected chi connectivity index (χ3v) is 8.13. The molecule has 0 bridgehead atoms. The van der Waals surface area contributed by atoms with Gasteiger partial charge in [0, 0.05) is 23.1 Å². The average molecular weight is 476 g/mol. The minimum absolute atomic E-state index is 0.439. The van der Waals surface area contributed by atoms with Gasteiger partial charge in [0.25, 0.3) is 0 Å². The van der Waals surface area contributed by atoms with Crippen molar-refractivity contribution in [2.75, 3.05) is 0 Å². The van der Waals surface area contributed by atoms with Crippen LogP contribution in [0.4, 0.5) is 0 Å². The Balaban J connectivity index is 1.35. The van der Waals surface area contributed by atoms with Crippen LogP contribution in [0.5, 0.6) is 0 Å². The molecule has 0 radical (unpaired) electrons. The third-order valence-electron chi connectivity index (χ3n) is 8.13. The Morgan fingerprint density at radius 3 is 2.39 bits per heavy atom. The van der Waals surface area contributed by atoms with Gasteiger partial charge in [-0.15, -0.1) is 10.2 Å². The van der Waals surface area contributed by atoms with Crippen LogP contribution in [0.25, 0.3) is 39.1 Å². The van der Waals surface area contributed by atoms with Gasteiger partial charge >= 0.3 is 0 Å². The molecular formula is C30H29N5O. The summed E-state index contributed by atoms with van der Waals surface area (Å²) >= 11 is 0.